The van der Waals surface area contributed by atoms with E-state index >= 15 is 0 Å². The number of carbonyl (C=O) groups is 1. The maximum absolute atomic E-state index is 12.3. The van der Waals surface area contributed by atoms with Crippen molar-refractivity contribution in [2.45, 2.75) is 58.0 Å². The molecular weight excluding hydrogens is 304 g/mol. The largest absolute Gasteiger partial charge is 0.381 e. The van der Waals surface area contributed by atoms with E-state index in [-0.39, 0.29) is 12.0 Å². The van der Waals surface area contributed by atoms with Crippen LogP contribution in [0.4, 0.5) is 5.69 Å². The summed E-state index contributed by atoms with van der Waals surface area (Å²) in [5.41, 5.74) is 2.19. The van der Waals surface area contributed by atoms with Gasteiger partial charge in [-0.2, -0.15) is 0 Å². The van der Waals surface area contributed by atoms with Gasteiger partial charge in [-0.3, -0.25) is 9.78 Å². The minimum atomic E-state index is 0.00522. The van der Waals surface area contributed by atoms with Gasteiger partial charge in [-0.15, -0.1) is 0 Å². The Morgan fingerprint density at radius 2 is 2.12 bits per heavy atom. The Morgan fingerprint density at radius 3 is 2.79 bits per heavy atom. The predicted molar refractivity (Wildman–Crippen MR) is 93.0 cm³/mol. The van der Waals surface area contributed by atoms with Crippen LogP contribution in [0.5, 0.6) is 0 Å². The first kappa shape index (κ1) is 17.4. The van der Waals surface area contributed by atoms with Crippen molar-refractivity contribution in [3.05, 3.63) is 24.0 Å². The first-order chi connectivity index (χ1) is 11.6. The zero-order valence-electron chi connectivity index (χ0n) is 14.7. The monoisotopic (exact) mass is 332 g/mol. The van der Waals surface area contributed by atoms with E-state index < -0.39 is 0 Å². The maximum Gasteiger partial charge on any atom is 0.227 e. The fourth-order valence-corrected chi connectivity index (χ4v) is 3.54. The molecule has 1 atom stereocenters. The fourth-order valence-electron chi connectivity index (χ4n) is 3.54. The molecule has 132 valence electrons. The summed E-state index contributed by atoms with van der Waals surface area (Å²) >= 11 is 0. The third-order valence-corrected chi connectivity index (χ3v) is 5.30. The minimum Gasteiger partial charge on any atom is -0.381 e. The van der Waals surface area contributed by atoms with E-state index in [1.165, 1.54) is 0 Å². The smallest absolute Gasteiger partial charge is 0.227 e. The number of nitrogens with zero attached hydrogens (tertiary/aromatic N) is 1. The molecule has 3 rings (SSSR count). The number of hydrogen-bond donors (Lipinski definition) is 1. The molecule has 2 saturated heterocycles. The van der Waals surface area contributed by atoms with Crippen LogP contribution in [0.3, 0.4) is 0 Å². The highest BCUT2D eigenvalue weighted by molar-refractivity contribution is 5.90. The van der Waals surface area contributed by atoms with Gasteiger partial charge in [0, 0.05) is 19.4 Å². The van der Waals surface area contributed by atoms with Crippen LogP contribution in [-0.2, 0) is 14.3 Å². The predicted octanol–water partition coefficient (Wildman–Crippen LogP) is 3.51. The van der Waals surface area contributed by atoms with Crippen molar-refractivity contribution in [3.8, 4) is 0 Å². The zero-order valence-corrected chi connectivity index (χ0v) is 14.7. The van der Waals surface area contributed by atoms with Gasteiger partial charge in [0.2, 0.25) is 5.91 Å². The molecule has 2 aliphatic heterocycles. The molecule has 1 spiro atoms. The van der Waals surface area contributed by atoms with Gasteiger partial charge in [0.25, 0.3) is 0 Å². The Morgan fingerprint density at radius 1 is 1.33 bits per heavy atom. The summed E-state index contributed by atoms with van der Waals surface area (Å²) in [6, 6.07) is 1.99. The molecular formula is C19H28N2O3. The molecule has 0 radical (unpaired) electrons. The lowest BCUT2D eigenvalue weighted by atomic mass is 9.75. The highest BCUT2D eigenvalue weighted by Gasteiger charge is 2.37. The van der Waals surface area contributed by atoms with E-state index in [0.717, 1.165) is 56.8 Å². The van der Waals surface area contributed by atoms with Crippen LogP contribution in [0, 0.1) is 5.41 Å². The Kier molecular flexibility index (Phi) is 5.51. The lowest BCUT2D eigenvalue weighted by molar-refractivity contribution is -0.128. The number of hydrogen-bond acceptors (Lipinski definition) is 4. The third-order valence-electron chi connectivity index (χ3n) is 5.30. The van der Waals surface area contributed by atoms with Gasteiger partial charge in [0.05, 0.1) is 31.0 Å². The maximum atomic E-state index is 12.3. The quantitative estimate of drug-likeness (QED) is 0.916. The van der Waals surface area contributed by atoms with Crippen LogP contribution in [0.1, 0.15) is 57.4 Å². The molecule has 0 bridgehead atoms. The number of carbonyl (C=O) groups excluding carboxylic acids is 1. The van der Waals surface area contributed by atoms with Crippen LogP contribution >= 0.6 is 0 Å². The zero-order chi connectivity index (χ0) is 17.0. The normalized spacial score (nSPS) is 23.4. The molecule has 1 unspecified atom stereocenters. The van der Waals surface area contributed by atoms with Crippen molar-refractivity contribution in [1.29, 1.82) is 0 Å². The topological polar surface area (TPSA) is 60.5 Å². The lowest BCUT2D eigenvalue weighted by Gasteiger charge is -2.42. The van der Waals surface area contributed by atoms with E-state index in [0.29, 0.717) is 17.8 Å². The lowest BCUT2D eigenvalue weighted by Crippen LogP contribution is -2.41. The third kappa shape index (κ3) is 4.33. The highest BCUT2D eigenvalue weighted by Crippen LogP contribution is 2.40. The Hall–Kier alpha value is -1.46. The Balaban J connectivity index is 1.48. The molecule has 1 N–H and O–H groups in total. The molecule has 0 aliphatic carbocycles. The molecule has 1 aromatic heterocycles. The summed E-state index contributed by atoms with van der Waals surface area (Å²) in [6.07, 6.45) is 8.24. The first-order valence-corrected chi connectivity index (χ1v) is 9.00. The first-order valence-electron chi connectivity index (χ1n) is 9.00. The number of rotatable bonds is 4. The summed E-state index contributed by atoms with van der Waals surface area (Å²) in [5, 5.41) is 2.95. The van der Waals surface area contributed by atoms with Gasteiger partial charge >= 0.3 is 0 Å². The van der Waals surface area contributed by atoms with Gasteiger partial charge in [0.1, 0.15) is 0 Å². The van der Waals surface area contributed by atoms with Crippen LogP contribution in [0.15, 0.2) is 18.5 Å². The van der Waals surface area contributed by atoms with Crippen molar-refractivity contribution in [2.75, 3.05) is 25.1 Å². The van der Waals surface area contributed by atoms with Gasteiger partial charge < -0.3 is 14.8 Å². The molecule has 24 heavy (non-hydrogen) atoms. The van der Waals surface area contributed by atoms with E-state index in [9.17, 15) is 4.79 Å². The number of amides is 1. The standard InChI is InChI=1S/C19H28N2O3/c1-14(2)15-9-16(12-20-11-15)21-18(22)10-17-3-4-19(13-24-17)5-7-23-8-6-19/h9,11-12,14,17H,3-8,10,13H2,1-2H3,(H,21,22). The highest BCUT2D eigenvalue weighted by atomic mass is 16.5. The summed E-state index contributed by atoms with van der Waals surface area (Å²) in [7, 11) is 0. The van der Waals surface area contributed by atoms with E-state index in [1.807, 2.05) is 12.3 Å². The molecule has 3 heterocycles. The van der Waals surface area contributed by atoms with E-state index in [1.54, 1.807) is 6.20 Å². The van der Waals surface area contributed by atoms with E-state index in [4.69, 9.17) is 9.47 Å². The summed E-state index contributed by atoms with van der Waals surface area (Å²) in [4.78, 5) is 16.5. The van der Waals surface area contributed by atoms with Crippen LogP contribution in [0.2, 0.25) is 0 Å². The average molecular weight is 332 g/mol. The molecule has 0 saturated carbocycles. The second-order valence-electron chi connectivity index (χ2n) is 7.50. The van der Waals surface area contributed by atoms with Crippen molar-refractivity contribution < 1.29 is 14.3 Å². The number of nitrogens with one attached hydrogen (secondary N) is 1. The summed E-state index contributed by atoms with van der Waals surface area (Å²) in [5.74, 6) is 0.400. The number of aromatic nitrogens is 1. The second kappa shape index (κ2) is 7.62. The van der Waals surface area contributed by atoms with Crippen LogP contribution in [0.25, 0.3) is 0 Å². The Bertz CT molecular complexity index is 557. The molecule has 0 aromatic carbocycles. The summed E-state index contributed by atoms with van der Waals surface area (Å²) < 4.78 is 11.5. The minimum absolute atomic E-state index is 0.00522. The molecule has 1 amide bonds. The van der Waals surface area contributed by atoms with Crippen molar-refractivity contribution in [2.24, 2.45) is 5.41 Å². The van der Waals surface area contributed by atoms with E-state index in [2.05, 4.69) is 24.1 Å². The van der Waals surface area contributed by atoms with Crippen molar-refractivity contribution in [1.82, 2.24) is 4.98 Å². The SMILES string of the molecule is CC(C)c1cncc(NC(=O)CC2CCC3(CCOCC3)CO2)c1. The van der Waals surface area contributed by atoms with Gasteiger partial charge in [0.15, 0.2) is 0 Å². The molecule has 2 fully saturated rings. The molecule has 5 heteroatoms. The number of pyridine rings is 1. The number of anilines is 1. The second-order valence-corrected chi connectivity index (χ2v) is 7.50. The molecule has 5 nitrogen and oxygen atoms in total. The van der Waals surface area contributed by atoms with Gasteiger partial charge in [-0.1, -0.05) is 13.8 Å². The number of ether oxygens (including phenoxy) is 2. The van der Waals surface area contributed by atoms with Gasteiger partial charge in [-0.05, 0) is 48.6 Å². The molecule has 2 aliphatic rings. The summed E-state index contributed by atoms with van der Waals surface area (Å²) in [6.45, 7) is 6.68. The van der Waals surface area contributed by atoms with Crippen molar-refractivity contribution in [3.63, 3.8) is 0 Å². The fraction of sp³-hybridized carbons (Fsp3) is 0.684. The van der Waals surface area contributed by atoms with Crippen LogP contribution < -0.4 is 5.32 Å². The van der Waals surface area contributed by atoms with Gasteiger partial charge in [-0.25, -0.2) is 0 Å². The average Bonchev–Trinajstić information content (AvgIpc) is 2.58. The molecule has 1 aromatic rings. The van der Waals surface area contributed by atoms with Crippen molar-refractivity contribution >= 4 is 11.6 Å². The van der Waals surface area contributed by atoms with Crippen LogP contribution in [-0.4, -0.2) is 36.8 Å². The Labute approximate surface area is 144 Å².